The molecular weight excluding hydrogens is 379 g/mol. The van der Waals surface area contributed by atoms with E-state index in [1.807, 2.05) is 0 Å². The first kappa shape index (κ1) is 20.5. The van der Waals surface area contributed by atoms with Crippen LogP contribution in [0.2, 0.25) is 0 Å². The third kappa shape index (κ3) is 4.62. The van der Waals surface area contributed by atoms with Gasteiger partial charge in [0.05, 0.1) is 17.7 Å². The molecule has 0 aliphatic rings. The number of halogens is 1. The molecule has 2 aromatic heterocycles. The van der Waals surface area contributed by atoms with Gasteiger partial charge in [-0.05, 0) is 45.0 Å². The Hall–Kier alpha value is -3.20. The highest BCUT2D eigenvalue weighted by molar-refractivity contribution is 5.93. The van der Waals surface area contributed by atoms with E-state index in [1.54, 1.807) is 40.0 Å². The first-order valence-electron chi connectivity index (χ1n) is 9.01. The largest absolute Gasteiger partial charge is 0.471 e. The molecule has 1 amide bonds. The summed E-state index contributed by atoms with van der Waals surface area (Å²) in [4.78, 5) is 12.4. The summed E-state index contributed by atoms with van der Waals surface area (Å²) in [6.07, 6.45) is 0. The minimum Gasteiger partial charge on any atom is -0.471 e. The lowest BCUT2D eigenvalue weighted by Gasteiger charge is -2.23. The molecule has 0 fully saturated rings. The average molecular weight is 402 g/mol. The average Bonchev–Trinajstić information content (AvgIpc) is 3.23. The van der Waals surface area contributed by atoms with Crippen molar-refractivity contribution in [1.29, 1.82) is 0 Å². The van der Waals surface area contributed by atoms with Gasteiger partial charge in [0.15, 0.2) is 0 Å². The van der Waals surface area contributed by atoms with Gasteiger partial charge in [0, 0.05) is 18.7 Å². The zero-order valence-corrected chi connectivity index (χ0v) is 16.7. The van der Waals surface area contributed by atoms with Crippen LogP contribution < -0.4 is 10.1 Å². The Kier molecular flexibility index (Phi) is 5.69. The molecule has 0 spiro atoms. The van der Waals surface area contributed by atoms with Gasteiger partial charge in [0.25, 0.3) is 5.91 Å². The molecule has 0 aliphatic carbocycles. The lowest BCUT2D eigenvalue weighted by atomic mass is 10.1. The molecule has 0 atom stereocenters. The molecule has 0 aliphatic heterocycles. The van der Waals surface area contributed by atoms with Crippen LogP contribution in [0.3, 0.4) is 0 Å². The molecule has 0 saturated carbocycles. The molecule has 154 valence electrons. The second kappa shape index (κ2) is 8.04. The topological polar surface area (TPSA) is 102 Å². The summed E-state index contributed by atoms with van der Waals surface area (Å²) in [5.74, 6) is 0.116. The van der Waals surface area contributed by atoms with E-state index in [9.17, 15) is 14.3 Å². The fourth-order valence-corrected chi connectivity index (χ4v) is 2.68. The maximum atomic E-state index is 13.2. The number of carbonyl (C=O) groups is 1. The summed E-state index contributed by atoms with van der Waals surface area (Å²) in [5.41, 5.74) is 1.50. The predicted octanol–water partition coefficient (Wildman–Crippen LogP) is 2.60. The van der Waals surface area contributed by atoms with Crippen LogP contribution in [0, 0.1) is 12.7 Å². The van der Waals surface area contributed by atoms with Crippen molar-refractivity contribution in [2.45, 2.75) is 32.9 Å². The van der Waals surface area contributed by atoms with E-state index in [1.165, 1.54) is 22.9 Å². The fraction of sp³-hybridized carbons (Fsp3) is 0.350. The fourth-order valence-electron chi connectivity index (χ4n) is 2.68. The second-order valence-corrected chi connectivity index (χ2v) is 7.35. The molecule has 0 bridgehead atoms. The van der Waals surface area contributed by atoms with Crippen molar-refractivity contribution in [3.8, 4) is 17.1 Å². The molecular formula is C20H23FN4O4. The Balaban J connectivity index is 1.75. The number of rotatable bonds is 7. The Bertz CT molecular complexity index is 1010. The number of benzene rings is 1. The van der Waals surface area contributed by atoms with Crippen LogP contribution in [-0.4, -0.2) is 38.1 Å². The van der Waals surface area contributed by atoms with Crippen LogP contribution in [0.4, 0.5) is 4.39 Å². The normalized spacial score (nSPS) is 11.5. The third-order valence-electron chi connectivity index (χ3n) is 4.40. The SMILES string of the molecule is Cc1onc(-c2ccc(F)cc2)c1COc1cc(C(=O)NC(C)(C)CO)n(C)n1. The van der Waals surface area contributed by atoms with Gasteiger partial charge in [0.2, 0.25) is 5.88 Å². The molecule has 3 rings (SSSR count). The summed E-state index contributed by atoms with van der Waals surface area (Å²) in [6, 6.07) is 7.44. The van der Waals surface area contributed by atoms with Crippen LogP contribution in [0.15, 0.2) is 34.9 Å². The van der Waals surface area contributed by atoms with Gasteiger partial charge in [-0.2, -0.15) is 0 Å². The molecule has 2 N–H and O–H groups in total. The zero-order chi connectivity index (χ0) is 21.2. The Labute approximate surface area is 167 Å². The molecule has 29 heavy (non-hydrogen) atoms. The van der Waals surface area contributed by atoms with E-state index in [4.69, 9.17) is 9.26 Å². The minimum atomic E-state index is -0.758. The number of aliphatic hydroxyl groups is 1. The molecule has 8 nitrogen and oxygen atoms in total. The van der Waals surface area contributed by atoms with Crippen LogP contribution in [-0.2, 0) is 13.7 Å². The molecule has 1 aromatic carbocycles. The van der Waals surface area contributed by atoms with Crippen LogP contribution in [0.1, 0.15) is 35.7 Å². The summed E-state index contributed by atoms with van der Waals surface area (Å²) < 4.78 is 25.6. The number of aliphatic hydroxyl groups excluding tert-OH is 1. The maximum absolute atomic E-state index is 13.2. The maximum Gasteiger partial charge on any atom is 0.270 e. The van der Waals surface area contributed by atoms with Gasteiger partial charge in [-0.1, -0.05) is 5.16 Å². The zero-order valence-electron chi connectivity index (χ0n) is 16.7. The molecule has 9 heteroatoms. The molecule has 2 heterocycles. The first-order valence-corrected chi connectivity index (χ1v) is 9.01. The van der Waals surface area contributed by atoms with E-state index >= 15 is 0 Å². The quantitative estimate of drug-likeness (QED) is 0.630. The van der Waals surface area contributed by atoms with Gasteiger partial charge in [0.1, 0.15) is 29.6 Å². The highest BCUT2D eigenvalue weighted by Crippen LogP contribution is 2.26. The predicted molar refractivity (Wildman–Crippen MR) is 103 cm³/mol. The second-order valence-electron chi connectivity index (χ2n) is 7.35. The number of amides is 1. The third-order valence-corrected chi connectivity index (χ3v) is 4.40. The van der Waals surface area contributed by atoms with Gasteiger partial charge >= 0.3 is 0 Å². The van der Waals surface area contributed by atoms with E-state index in [0.29, 0.717) is 28.3 Å². The smallest absolute Gasteiger partial charge is 0.270 e. The van der Waals surface area contributed by atoms with E-state index in [2.05, 4.69) is 15.6 Å². The highest BCUT2D eigenvalue weighted by atomic mass is 19.1. The van der Waals surface area contributed by atoms with Crippen LogP contribution >= 0.6 is 0 Å². The Morgan fingerprint density at radius 3 is 2.69 bits per heavy atom. The highest BCUT2D eigenvalue weighted by Gasteiger charge is 2.23. The van der Waals surface area contributed by atoms with E-state index in [-0.39, 0.29) is 30.8 Å². The molecule has 0 saturated heterocycles. The van der Waals surface area contributed by atoms with Gasteiger partial charge in [-0.25, -0.2) is 4.39 Å². The van der Waals surface area contributed by atoms with Gasteiger partial charge < -0.3 is 19.7 Å². The number of aryl methyl sites for hydroxylation is 2. The Morgan fingerprint density at radius 2 is 2.03 bits per heavy atom. The van der Waals surface area contributed by atoms with Gasteiger partial charge in [-0.15, -0.1) is 5.10 Å². The number of nitrogens with zero attached hydrogens (tertiary/aromatic N) is 3. The Morgan fingerprint density at radius 1 is 1.34 bits per heavy atom. The number of carbonyl (C=O) groups excluding carboxylic acids is 1. The van der Waals surface area contributed by atoms with Crippen LogP contribution in [0.25, 0.3) is 11.3 Å². The van der Waals surface area contributed by atoms with Crippen LogP contribution in [0.5, 0.6) is 5.88 Å². The lowest BCUT2D eigenvalue weighted by Crippen LogP contribution is -2.46. The monoisotopic (exact) mass is 402 g/mol. The minimum absolute atomic E-state index is 0.113. The number of nitrogens with one attached hydrogen (secondary N) is 1. The number of hydrogen-bond acceptors (Lipinski definition) is 6. The van der Waals surface area contributed by atoms with E-state index in [0.717, 1.165) is 0 Å². The van der Waals surface area contributed by atoms with E-state index < -0.39 is 5.54 Å². The lowest BCUT2D eigenvalue weighted by molar-refractivity contribution is 0.0859. The standard InChI is InChI=1S/C20H23FN4O4/c1-12-15(18(24-29-12)13-5-7-14(21)8-6-13)10-28-17-9-16(25(4)23-17)19(27)22-20(2,3)11-26/h5-9,26H,10-11H2,1-4H3,(H,22,27). The van der Waals surface area contributed by atoms with Crippen molar-refractivity contribution in [3.63, 3.8) is 0 Å². The molecule has 0 radical (unpaired) electrons. The summed E-state index contributed by atoms with van der Waals surface area (Å²) in [7, 11) is 1.63. The number of ether oxygens (including phenoxy) is 1. The van der Waals surface area contributed by atoms with Crippen molar-refractivity contribution >= 4 is 5.91 Å². The van der Waals surface area contributed by atoms with Crippen molar-refractivity contribution < 1.29 is 23.6 Å². The summed E-state index contributed by atoms with van der Waals surface area (Å²) >= 11 is 0. The number of hydrogen-bond donors (Lipinski definition) is 2. The van der Waals surface area contributed by atoms with Crippen molar-refractivity contribution in [2.24, 2.45) is 7.05 Å². The van der Waals surface area contributed by atoms with Crippen molar-refractivity contribution in [1.82, 2.24) is 20.3 Å². The number of aromatic nitrogens is 3. The van der Waals surface area contributed by atoms with Gasteiger partial charge in [-0.3, -0.25) is 9.48 Å². The summed E-state index contributed by atoms with van der Waals surface area (Å²) in [5, 5.41) is 20.3. The molecule has 3 aromatic rings. The van der Waals surface area contributed by atoms with Crippen molar-refractivity contribution in [3.05, 3.63) is 53.2 Å². The molecule has 0 unspecified atom stereocenters. The summed E-state index contributed by atoms with van der Waals surface area (Å²) in [6.45, 7) is 5.10. The van der Waals surface area contributed by atoms with Crippen molar-refractivity contribution in [2.75, 3.05) is 6.61 Å². The first-order chi connectivity index (χ1) is 13.7.